The summed E-state index contributed by atoms with van der Waals surface area (Å²) in [4.78, 5) is 11.6. The van der Waals surface area contributed by atoms with Crippen LogP contribution in [-0.4, -0.2) is 23.3 Å². The summed E-state index contributed by atoms with van der Waals surface area (Å²) in [6.45, 7) is 1.95. The number of carbonyl (C=O) groups is 1. The van der Waals surface area contributed by atoms with E-state index in [0.717, 1.165) is 5.56 Å². The SMILES string of the molecule is COC(=O)c1nnccc1Nc1ccc(C)cc1Cl. The lowest BCUT2D eigenvalue weighted by Gasteiger charge is -2.10. The summed E-state index contributed by atoms with van der Waals surface area (Å²) >= 11 is 6.13. The van der Waals surface area contributed by atoms with Crippen molar-refractivity contribution in [1.82, 2.24) is 10.2 Å². The molecule has 0 fully saturated rings. The van der Waals surface area contributed by atoms with Crippen molar-refractivity contribution in [3.8, 4) is 0 Å². The zero-order chi connectivity index (χ0) is 13.8. The molecule has 1 aromatic heterocycles. The molecule has 1 heterocycles. The van der Waals surface area contributed by atoms with Crippen molar-refractivity contribution in [3.05, 3.63) is 46.7 Å². The van der Waals surface area contributed by atoms with Gasteiger partial charge in [0.2, 0.25) is 0 Å². The number of esters is 1. The quantitative estimate of drug-likeness (QED) is 0.874. The number of nitrogens with one attached hydrogen (secondary N) is 1. The van der Waals surface area contributed by atoms with Crippen LogP contribution in [-0.2, 0) is 4.74 Å². The molecule has 0 atom stereocenters. The number of hydrogen-bond donors (Lipinski definition) is 1. The summed E-state index contributed by atoms with van der Waals surface area (Å²) in [6.07, 6.45) is 1.48. The molecule has 0 saturated heterocycles. The molecule has 0 aliphatic rings. The number of aryl methyl sites for hydroxylation is 1. The van der Waals surface area contributed by atoms with Crippen LogP contribution in [0.15, 0.2) is 30.5 Å². The number of nitrogens with zero attached hydrogens (tertiary/aromatic N) is 2. The molecule has 98 valence electrons. The summed E-state index contributed by atoms with van der Waals surface area (Å²) in [6, 6.07) is 7.21. The Morgan fingerprint density at radius 3 is 2.79 bits per heavy atom. The van der Waals surface area contributed by atoms with Crippen molar-refractivity contribution in [2.75, 3.05) is 12.4 Å². The fourth-order valence-electron chi connectivity index (χ4n) is 1.55. The maximum Gasteiger partial charge on any atom is 0.360 e. The molecule has 0 bridgehead atoms. The fourth-order valence-corrected chi connectivity index (χ4v) is 1.83. The van der Waals surface area contributed by atoms with Crippen LogP contribution < -0.4 is 5.32 Å². The molecule has 5 nitrogen and oxygen atoms in total. The van der Waals surface area contributed by atoms with Gasteiger partial charge in [0.25, 0.3) is 0 Å². The Kier molecular flexibility index (Phi) is 3.97. The number of halogens is 1. The Morgan fingerprint density at radius 1 is 1.32 bits per heavy atom. The zero-order valence-electron chi connectivity index (χ0n) is 10.5. The third kappa shape index (κ3) is 3.00. The van der Waals surface area contributed by atoms with Crippen molar-refractivity contribution in [3.63, 3.8) is 0 Å². The molecule has 2 rings (SSSR count). The molecule has 0 saturated carbocycles. The van der Waals surface area contributed by atoms with Gasteiger partial charge in [0, 0.05) is 0 Å². The van der Waals surface area contributed by atoms with Gasteiger partial charge in [-0.25, -0.2) is 4.79 Å². The monoisotopic (exact) mass is 277 g/mol. The number of ether oxygens (including phenoxy) is 1. The van der Waals surface area contributed by atoms with Crippen molar-refractivity contribution in [2.45, 2.75) is 6.92 Å². The van der Waals surface area contributed by atoms with E-state index in [1.807, 2.05) is 25.1 Å². The van der Waals surface area contributed by atoms with Gasteiger partial charge in [-0.3, -0.25) is 0 Å². The first-order valence-electron chi connectivity index (χ1n) is 5.55. The molecule has 0 aliphatic heterocycles. The van der Waals surface area contributed by atoms with Gasteiger partial charge in [-0.1, -0.05) is 17.7 Å². The molecule has 19 heavy (non-hydrogen) atoms. The summed E-state index contributed by atoms with van der Waals surface area (Å²) in [5.41, 5.74) is 2.34. The summed E-state index contributed by atoms with van der Waals surface area (Å²) in [7, 11) is 1.29. The van der Waals surface area contributed by atoms with E-state index in [-0.39, 0.29) is 5.69 Å². The topological polar surface area (TPSA) is 64.1 Å². The molecule has 0 spiro atoms. The molecule has 0 aliphatic carbocycles. The second kappa shape index (κ2) is 5.67. The molecule has 1 N–H and O–H groups in total. The van der Waals surface area contributed by atoms with Gasteiger partial charge in [0.15, 0.2) is 5.69 Å². The average molecular weight is 278 g/mol. The van der Waals surface area contributed by atoms with Crippen molar-refractivity contribution < 1.29 is 9.53 Å². The minimum atomic E-state index is -0.557. The van der Waals surface area contributed by atoms with Gasteiger partial charge in [0.1, 0.15) is 0 Å². The maximum atomic E-state index is 11.6. The van der Waals surface area contributed by atoms with E-state index in [9.17, 15) is 4.79 Å². The standard InChI is InChI=1S/C13H12ClN3O2/c1-8-3-4-10(9(14)7-8)16-11-5-6-15-17-12(11)13(18)19-2/h3-7H,1-2H3,(H,15,16). The van der Waals surface area contributed by atoms with Gasteiger partial charge in [-0.05, 0) is 30.7 Å². The number of aromatic nitrogens is 2. The average Bonchev–Trinajstić information content (AvgIpc) is 2.41. The number of benzene rings is 1. The minimum absolute atomic E-state index is 0.113. The summed E-state index contributed by atoms with van der Waals surface area (Å²) in [5, 5.41) is 11.0. The smallest absolute Gasteiger partial charge is 0.360 e. The van der Waals surface area contributed by atoms with E-state index in [1.54, 1.807) is 6.07 Å². The van der Waals surface area contributed by atoms with E-state index in [4.69, 9.17) is 11.6 Å². The molecule has 6 heteroatoms. The molecular weight excluding hydrogens is 266 g/mol. The van der Waals surface area contributed by atoms with Crippen LogP contribution in [0.4, 0.5) is 11.4 Å². The van der Waals surface area contributed by atoms with Crippen molar-refractivity contribution in [1.29, 1.82) is 0 Å². The predicted molar refractivity (Wildman–Crippen MR) is 72.8 cm³/mol. The molecule has 2 aromatic rings. The molecular formula is C13H12ClN3O2. The highest BCUT2D eigenvalue weighted by molar-refractivity contribution is 6.33. The van der Waals surface area contributed by atoms with Gasteiger partial charge in [0.05, 0.1) is 29.7 Å². The van der Waals surface area contributed by atoms with Crippen LogP contribution in [0.1, 0.15) is 16.1 Å². The van der Waals surface area contributed by atoms with Crippen molar-refractivity contribution >= 4 is 28.9 Å². The van der Waals surface area contributed by atoms with E-state index >= 15 is 0 Å². The Balaban J connectivity index is 2.35. The van der Waals surface area contributed by atoms with Gasteiger partial charge in [-0.15, -0.1) is 5.10 Å². The van der Waals surface area contributed by atoms with Crippen LogP contribution in [0, 0.1) is 6.92 Å². The second-order valence-corrected chi connectivity index (χ2v) is 4.30. The lowest BCUT2D eigenvalue weighted by atomic mass is 10.2. The van der Waals surface area contributed by atoms with Crippen LogP contribution >= 0.6 is 11.6 Å². The Hall–Kier alpha value is -2.14. The number of methoxy groups -OCH3 is 1. The normalized spacial score (nSPS) is 10.1. The highest BCUT2D eigenvalue weighted by Crippen LogP contribution is 2.27. The number of rotatable bonds is 3. The van der Waals surface area contributed by atoms with Gasteiger partial charge < -0.3 is 10.1 Å². The van der Waals surface area contributed by atoms with E-state index in [0.29, 0.717) is 16.4 Å². The number of anilines is 2. The highest BCUT2D eigenvalue weighted by atomic mass is 35.5. The van der Waals surface area contributed by atoms with Crippen LogP contribution in [0.5, 0.6) is 0 Å². The van der Waals surface area contributed by atoms with Crippen LogP contribution in [0.25, 0.3) is 0 Å². The minimum Gasteiger partial charge on any atom is -0.464 e. The third-order valence-electron chi connectivity index (χ3n) is 2.49. The second-order valence-electron chi connectivity index (χ2n) is 3.89. The third-order valence-corrected chi connectivity index (χ3v) is 2.81. The summed E-state index contributed by atoms with van der Waals surface area (Å²) < 4.78 is 4.65. The lowest BCUT2D eigenvalue weighted by Crippen LogP contribution is -2.09. The first-order valence-corrected chi connectivity index (χ1v) is 5.93. The molecule has 0 amide bonds. The largest absolute Gasteiger partial charge is 0.464 e. The maximum absolute atomic E-state index is 11.6. The van der Waals surface area contributed by atoms with Crippen molar-refractivity contribution in [2.24, 2.45) is 0 Å². The van der Waals surface area contributed by atoms with E-state index in [2.05, 4.69) is 20.3 Å². The Morgan fingerprint density at radius 2 is 2.11 bits per heavy atom. The van der Waals surface area contributed by atoms with E-state index < -0.39 is 5.97 Å². The Bertz CT molecular complexity index is 617. The highest BCUT2D eigenvalue weighted by Gasteiger charge is 2.14. The first kappa shape index (κ1) is 13.3. The zero-order valence-corrected chi connectivity index (χ0v) is 11.2. The molecule has 0 unspecified atom stereocenters. The summed E-state index contributed by atoms with van der Waals surface area (Å²) in [5.74, 6) is -0.557. The number of hydrogen-bond acceptors (Lipinski definition) is 5. The fraction of sp³-hybridized carbons (Fsp3) is 0.154. The lowest BCUT2D eigenvalue weighted by molar-refractivity contribution is 0.0594. The first-order chi connectivity index (χ1) is 9.11. The van der Waals surface area contributed by atoms with Gasteiger partial charge in [-0.2, -0.15) is 5.10 Å². The van der Waals surface area contributed by atoms with Crippen LogP contribution in [0.3, 0.4) is 0 Å². The molecule has 0 radical (unpaired) electrons. The predicted octanol–water partition coefficient (Wildman–Crippen LogP) is 2.97. The van der Waals surface area contributed by atoms with E-state index in [1.165, 1.54) is 13.3 Å². The molecule has 1 aromatic carbocycles. The van der Waals surface area contributed by atoms with Gasteiger partial charge >= 0.3 is 5.97 Å². The Labute approximate surface area is 115 Å². The van der Waals surface area contributed by atoms with Crippen LogP contribution in [0.2, 0.25) is 5.02 Å². The number of carbonyl (C=O) groups excluding carboxylic acids is 1.